The molecule has 3 N–H and O–H groups in total. The van der Waals surface area contributed by atoms with Gasteiger partial charge in [-0.1, -0.05) is 36.4 Å². The highest BCUT2D eigenvalue weighted by Gasteiger charge is 2.14. The fourth-order valence-corrected chi connectivity index (χ4v) is 3.88. The van der Waals surface area contributed by atoms with Crippen molar-refractivity contribution in [1.82, 2.24) is 15.2 Å². The second-order valence-electron chi connectivity index (χ2n) is 7.90. The van der Waals surface area contributed by atoms with Crippen LogP contribution >= 0.6 is 0 Å². The van der Waals surface area contributed by atoms with Crippen LogP contribution in [0.25, 0.3) is 11.1 Å². The van der Waals surface area contributed by atoms with Crippen LogP contribution in [0.1, 0.15) is 22.3 Å². The molecule has 7 heteroatoms. The van der Waals surface area contributed by atoms with Gasteiger partial charge in [0, 0.05) is 26.2 Å². The Bertz CT molecular complexity index is 1080. The Kier molecular flexibility index (Phi) is 7.09. The average Bonchev–Trinajstić information content (AvgIpc) is 2.81. The third-order valence-electron chi connectivity index (χ3n) is 5.54. The number of aryl methyl sites for hydroxylation is 1. The molecule has 1 fully saturated rings. The maximum Gasteiger partial charge on any atom is 0.254 e. The molecule has 1 amide bonds. The van der Waals surface area contributed by atoms with Gasteiger partial charge >= 0.3 is 0 Å². The number of pyridine rings is 1. The molecule has 0 spiro atoms. The summed E-state index contributed by atoms with van der Waals surface area (Å²) in [6.45, 7) is 5.49. The van der Waals surface area contributed by atoms with Crippen LogP contribution in [0.5, 0.6) is 11.6 Å². The van der Waals surface area contributed by atoms with Gasteiger partial charge in [-0.2, -0.15) is 0 Å². The zero-order valence-corrected chi connectivity index (χ0v) is 17.9. The molecule has 2 heterocycles. The quantitative estimate of drug-likeness (QED) is 0.566. The van der Waals surface area contributed by atoms with Crippen molar-refractivity contribution in [3.05, 3.63) is 77.7 Å². The third kappa shape index (κ3) is 5.69. The van der Waals surface area contributed by atoms with Crippen LogP contribution in [0.3, 0.4) is 0 Å². The molecule has 4 rings (SSSR count). The zero-order valence-electron chi connectivity index (χ0n) is 17.9. The molecule has 0 atom stereocenters. The van der Waals surface area contributed by atoms with Crippen molar-refractivity contribution in [2.75, 3.05) is 32.7 Å². The van der Waals surface area contributed by atoms with E-state index in [1.54, 1.807) is 6.07 Å². The van der Waals surface area contributed by atoms with E-state index in [2.05, 4.69) is 39.5 Å². The van der Waals surface area contributed by atoms with E-state index in [9.17, 15) is 9.18 Å². The molecular formula is C25H27FN4O2. The standard InChI is InChI=1S/C25H27FN4O2/c26-21-16-23(24(27)31)25(29-17-21)32-22-8-2-7-20(15-22)19-6-1-4-18(14-19)5-3-11-30-12-9-28-10-13-30/h1-2,4,6-8,14-17,28H,3,5,9-13H2,(H2,27,31). The van der Waals surface area contributed by atoms with Gasteiger partial charge in [0.25, 0.3) is 5.91 Å². The van der Waals surface area contributed by atoms with Crippen molar-refractivity contribution in [1.29, 1.82) is 0 Å². The minimum atomic E-state index is -0.795. The summed E-state index contributed by atoms with van der Waals surface area (Å²) in [5.41, 5.74) is 8.59. The molecular weight excluding hydrogens is 407 g/mol. The van der Waals surface area contributed by atoms with Crippen molar-refractivity contribution < 1.29 is 13.9 Å². The molecule has 2 aromatic carbocycles. The van der Waals surface area contributed by atoms with E-state index in [0.717, 1.165) is 69.0 Å². The van der Waals surface area contributed by atoms with Crippen LogP contribution in [0.4, 0.5) is 4.39 Å². The van der Waals surface area contributed by atoms with Crippen LogP contribution < -0.4 is 15.8 Å². The molecule has 166 valence electrons. The van der Waals surface area contributed by atoms with Crippen molar-refractivity contribution >= 4 is 5.91 Å². The molecule has 1 aromatic heterocycles. The summed E-state index contributed by atoms with van der Waals surface area (Å²) >= 11 is 0. The number of piperazine rings is 1. The van der Waals surface area contributed by atoms with E-state index >= 15 is 0 Å². The number of carbonyl (C=O) groups excluding carboxylic acids is 1. The first kappa shape index (κ1) is 21.9. The van der Waals surface area contributed by atoms with E-state index in [1.807, 2.05) is 18.2 Å². The van der Waals surface area contributed by atoms with Crippen molar-refractivity contribution in [2.45, 2.75) is 12.8 Å². The molecule has 0 bridgehead atoms. The summed E-state index contributed by atoms with van der Waals surface area (Å²) in [5.74, 6) is -0.962. The van der Waals surface area contributed by atoms with E-state index in [4.69, 9.17) is 10.5 Å². The lowest BCUT2D eigenvalue weighted by Crippen LogP contribution is -2.43. The smallest absolute Gasteiger partial charge is 0.254 e. The number of hydrogen-bond acceptors (Lipinski definition) is 5. The van der Waals surface area contributed by atoms with E-state index < -0.39 is 11.7 Å². The van der Waals surface area contributed by atoms with E-state index in [0.29, 0.717) is 5.75 Å². The Morgan fingerprint density at radius 1 is 1.09 bits per heavy atom. The predicted molar refractivity (Wildman–Crippen MR) is 122 cm³/mol. The summed E-state index contributed by atoms with van der Waals surface area (Å²) < 4.78 is 19.2. The van der Waals surface area contributed by atoms with Gasteiger partial charge in [-0.15, -0.1) is 0 Å². The summed E-state index contributed by atoms with van der Waals surface area (Å²) in [4.78, 5) is 18.0. The number of primary amides is 1. The van der Waals surface area contributed by atoms with Gasteiger partial charge in [-0.25, -0.2) is 9.37 Å². The highest BCUT2D eigenvalue weighted by molar-refractivity contribution is 5.95. The van der Waals surface area contributed by atoms with Crippen LogP contribution in [0.2, 0.25) is 0 Å². The molecule has 1 aliphatic heterocycles. The molecule has 0 aliphatic carbocycles. The predicted octanol–water partition coefficient (Wildman–Crippen LogP) is 3.62. The number of carbonyl (C=O) groups is 1. The Hall–Kier alpha value is -3.29. The van der Waals surface area contributed by atoms with Gasteiger partial charge in [0.15, 0.2) is 0 Å². The van der Waals surface area contributed by atoms with Crippen molar-refractivity contribution in [3.63, 3.8) is 0 Å². The lowest BCUT2D eigenvalue weighted by Gasteiger charge is -2.27. The Balaban J connectivity index is 1.45. The van der Waals surface area contributed by atoms with Gasteiger partial charge in [-0.05, 0) is 54.3 Å². The summed E-state index contributed by atoms with van der Waals surface area (Å²) in [6, 6.07) is 17.0. The fourth-order valence-electron chi connectivity index (χ4n) is 3.88. The van der Waals surface area contributed by atoms with Crippen molar-refractivity contribution in [2.24, 2.45) is 5.73 Å². The second-order valence-corrected chi connectivity index (χ2v) is 7.90. The lowest BCUT2D eigenvalue weighted by molar-refractivity contribution is 0.0997. The maximum atomic E-state index is 13.4. The van der Waals surface area contributed by atoms with Crippen LogP contribution in [0.15, 0.2) is 60.8 Å². The number of nitrogens with two attached hydrogens (primary N) is 1. The number of nitrogens with zero attached hydrogens (tertiary/aromatic N) is 2. The van der Waals surface area contributed by atoms with Gasteiger partial charge in [0.2, 0.25) is 5.88 Å². The normalized spacial score (nSPS) is 14.3. The minimum absolute atomic E-state index is 0.0160. The monoisotopic (exact) mass is 434 g/mol. The van der Waals surface area contributed by atoms with Crippen LogP contribution in [-0.4, -0.2) is 48.5 Å². The molecule has 1 saturated heterocycles. The first-order valence-electron chi connectivity index (χ1n) is 10.8. The molecule has 0 saturated carbocycles. The number of ether oxygens (including phenoxy) is 1. The molecule has 3 aromatic rings. The Morgan fingerprint density at radius 3 is 2.62 bits per heavy atom. The van der Waals surface area contributed by atoms with Gasteiger partial charge in [0.05, 0.1) is 6.20 Å². The number of aromatic nitrogens is 1. The van der Waals surface area contributed by atoms with E-state index in [1.165, 1.54) is 5.56 Å². The van der Waals surface area contributed by atoms with Crippen LogP contribution in [0, 0.1) is 5.82 Å². The number of nitrogens with one attached hydrogen (secondary N) is 1. The summed E-state index contributed by atoms with van der Waals surface area (Å²) in [5, 5.41) is 3.38. The maximum absolute atomic E-state index is 13.4. The number of benzene rings is 2. The molecule has 0 unspecified atom stereocenters. The van der Waals surface area contributed by atoms with Crippen molar-refractivity contribution in [3.8, 4) is 22.8 Å². The molecule has 32 heavy (non-hydrogen) atoms. The number of halogens is 1. The Labute approximate surface area is 187 Å². The van der Waals surface area contributed by atoms with Gasteiger partial charge < -0.3 is 20.7 Å². The van der Waals surface area contributed by atoms with Gasteiger partial charge in [0.1, 0.15) is 17.1 Å². The first-order valence-corrected chi connectivity index (χ1v) is 10.8. The Morgan fingerprint density at radius 2 is 1.84 bits per heavy atom. The number of rotatable bonds is 8. The molecule has 1 aliphatic rings. The topological polar surface area (TPSA) is 80.5 Å². The SMILES string of the molecule is NC(=O)c1cc(F)cnc1Oc1cccc(-c2cccc(CCCN3CCNCC3)c2)c1. The van der Waals surface area contributed by atoms with E-state index in [-0.39, 0.29) is 11.4 Å². The largest absolute Gasteiger partial charge is 0.438 e. The number of hydrogen-bond donors (Lipinski definition) is 2. The minimum Gasteiger partial charge on any atom is -0.438 e. The first-order chi connectivity index (χ1) is 15.6. The molecule has 0 radical (unpaired) electrons. The fraction of sp³-hybridized carbons (Fsp3) is 0.280. The average molecular weight is 435 g/mol. The third-order valence-corrected chi connectivity index (χ3v) is 5.54. The zero-order chi connectivity index (χ0) is 22.3. The van der Waals surface area contributed by atoms with Crippen LogP contribution in [-0.2, 0) is 6.42 Å². The summed E-state index contributed by atoms with van der Waals surface area (Å²) in [6.07, 6.45) is 3.14. The lowest BCUT2D eigenvalue weighted by atomic mass is 10.0. The summed E-state index contributed by atoms with van der Waals surface area (Å²) in [7, 11) is 0. The highest BCUT2D eigenvalue weighted by atomic mass is 19.1. The highest BCUT2D eigenvalue weighted by Crippen LogP contribution is 2.29. The van der Waals surface area contributed by atoms with Gasteiger partial charge in [-0.3, -0.25) is 4.79 Å². The number of amides is 1. The molecule has 6 nitrogen and oxygen atoms in total. The second kappa shape index (κ2) is 10.3.